The summed E-state index contributed by atoms with van der Waals surface area (Å²) in [6.07, 6.45) is 3.13. The van der Waals surface area contributed by atoms with E-state index in [-0.39, 0.29) is 10.8 Å². The van der Waals surface area contributed by atoms with Gasteiger partial charge in [0.25, 0.3) is 0 Å². The first kappa shape index (κ1) is 24.4. The van der Waals surface area contributed by atoms with Gasteiger partial charge in [-0.15, -0.1) is 0 Å². The zero-order valence-electron chi connectivity index (χ0n) is 20.8. The van der Waals surface area contributed by atoms with Crippen molar-refractivity contribution in [3.8, 4) is 17.2 Å². The van der Waals surface area contributed by atoms with Gasteiger partial charge in [-0.2, -0.15) is 0 Å². The summed E-state index contributed by atoms with van der Waals surface area (Å²) in [7, 11) is 0. The van der Waals surface area contributed by atoms with E-state index in [9.17, 15) is 15.3 Å². The largest absolute Gasteiger partial charge is 0.508 e. The van der Waals surface area contributed by atoms with Crippen LogP contribution in [0.5, 0.6) is 17.2 Å². The number of benzene rings is 3. The molecule has 0 spiro atoms. The summed E-state index contributed by atoms with van der Waals surface area (Å²) in [6.45, 7) is 14.6. The van der Waals surface area contributed by atoms with Crippen LogP contribution in [0.4, 0.5) is 0 Å². The van der Waals surface area contributed by atoms with E-state index in [1.54, 1.807) is 18.2 Å². The highest BCUT2D eigenvalue weighted by Crippen LogP contribution is 2.43. The number of aromatic hydroxyl groups is 3. The van der Waals surface area contributed by atoms with E-state index in [1.807, 2.05) is 45.0 Å². The average Bonchev–Trinajstić information content (AvgIpc) is 2.73. The minimum atomic E-state index is -0.330. The Hall–Kier alpha value is -3.20. The highest BCUT2D eigenvalue weighted by molar-refractivity contribution is 5.67. The number of allylic oxidation sites excluding steroid dienone is 2. The van der Waals surface area contributed by atoms with Crippen molar-refractivity contribution in [3.05, 3.63) is 94.1 Å². The van der Waals surface area contributed by atoms with Crippen molar-refractivity contribution in [2.75, 3.05) is 0 Å². The van der Waals surface area contributed by atoms with E-state index in [0.29, 0.717) is 17.2 Å². The second-order valence-electron chi connectivity index (χ2n) is 10.3. The molecule has 3 N–H and O–H groups in total. The number of hydrogen-bond acceptors (Lipinski definition) is 3. The van der Waals surface area contributed by atoms with Crippen LogP contribution in [-0.4, -0.2) is 15.3 Å². The molecule has 3 nitrogen and oxygen atoms in total. The Bertz CT molecular complexity index is 1200. The van der Waals surface area contributed by atoms with Crippen LogP contribution in [0.3, 0.4) is 0 Å². The van der Waals surface area contributed by atoms with E-state index in [2.05, 4.69) is 45.9 Å². The molecular formula is C30H36O3. The van der Waals surface area contributed by atoms with Crippen LogP contribution in [0.2, 0.25) is 0 Å². The van der Waals surface area contributed by atoms with Gasteiger partial charge in [0.1, 0.15) is 17.2 Å². The molecule has 0 amide bonds. The van der Waals surface area contributed by atoms with E-state index >= 15 is 0 Å². The molecule has 0 bridgehead atoms. The van der Waals surface area contributed by atoms with E-state index in [4.69, 9.17) is 0 Å². The second kappa shape index (κ2) is 8.97. The average molecular weight is 445 g/mol. The molecule has 0 fully saturated rings. The molecule has 3 aromatic carbocycles. The number of hydrogen-bond donors (Lipinski definition) is 3. The molecule has 0 heterocycles. The van der Waals surface area contributed by atoms with E-state index in [0.717, 1.165) is 39.8 Å². The molecule has 0 aliphatic carbocycles. The predicted octanol–water partition coefficient (Wildman–Crippen LogP) is 7.46. The van der Waals surface area contributed by atoms with Gasteiger partial charge < -0.3 is 15.3 Å². The normalized spacial score (nSPS) is 14.2. The van der Waals surface area contributed by atoms with Gasteiger partial charge in [0.15, 0.2) is 0 Å². The molecule has 1 atom stereocenters. The minimum Gasteiger partial charge on any atom is -0.508 e. The zero-order valence-corrected chi connectivity index (χ0v) is 20.8. The first-order valence-electron chi connectivity index (χ1n) is 11.4. The molecule has 0 aliphatic heterocycles. The lowest BCUT2D eigenvalue weighted by atomic mass is 9.66. The van der Waals surface area contributed by atoms with Gasteiger partial charge in [0.2, 0.25) is 0 Å². The Morgan fingerprint density at radius 2 is 1.15 bits per heavy atom. The smallest absolute Gasteiger partial charge is 0.118 e. The van der Waals surface area contributed by atoms with Crippen molar-refractivity contribution in [1.82, 2.24) is 0 Å². The van der Waals surface area contributed by atoms with Gasteiger partial charge in [-0.25, -0.2) is 0 Å². The summed E-state index contributed by atoms with van der Waals surface area (Å²) in [5, 5.41) is 30.1. The molecule has 3 aromatic rings. The molecular weight excluding hydrogens is 408 g/mol. The van der Waals surface area contributed by atoms with Crippen molar-refractivity contribution in [3.63, 3.8) is 0 Å². The third kappa shape index (κ3) is 5.24. The minimum absolute atomic E-state index is 0.180. The van der Waals surface area contributed by atoms with Crippen LogP contribution in [0.25, 0.3) is 5.57 Å². The molecule has 3 rings (SSSR count). The predicted molar refractivity (Wildman–Crippen MR) is 137 cm³/mol. The topological polar surface area (TPSA) is 60.7 Å². The number of phenolic OH excluding ortho intramolecular Hbond substituents is 3. The van der Waals surface area contributed by atoms with E-state index in [1.165, 1.54) is 5.56 Å². The molecule has 0 aliphatic rings. The Balaban J connectivity index is 2.12. The summed E-state index contributed by atoms with van der Waals surface area (Å²) in [6, 6.07) is 17.4. The number of aryl methyl sites for hydroxylation is 3. The first-order chi connectivity index (χ1) is 15.3. The highest BCUT2D eigenvalue weighted by Gasteiger charge is 2.34. The summed E-state index contributed by atoms with van der Waals surface area (Å²) < 4.78 is 0. The van der Waals surface area contributed by atoms with Gasteiger partial charge in [0.05, 0.1) is 0 Å². The fourth-order valence-electron chi connectivity index (χ4n) is 4.81. The van der Waals surface area contributed by atoms with Crippen LogP contribution < -0.4 is 0 Å². The molecule has 3 heteroatoms. The second-order valence-corrected chi connectivity index (χ2v) is 10.3. The SMILES string of the molecule is CC(=CC(C)(CC(C)(C)c1ccc(O)c(C)c1)c1ccc(O)c(C)c1)c1ccc(O)c(C)c1. The maximum Gasteiger partial charge on any atom is 0.118 e. The highest BCUT2D eigenvalue weighted by atomic mass is 16.3. The van der Waals surface area contributed by atoms with Gasteiger partial charge in [-0.05, 0) is 103 Å². The first-order valence-corrected chi connectivity index (χ1v) is 11.4. The van der Waals surface area contributed by atoms with Crippen molar-refractivity contribution in [2.24, 2.45) is 0 Å². The maximum atomic E-state index is 10.1. The Kier molecular flexibility index (Phi) is 6.65. The standard InChI is InChI=1S/C30H36O3/c1-19-14-23(8-11-26(19)31)22(4)17-30(7,25-10-13-28(33)21(3)16-25)18-29(5,6)24-9-12-27(32)20(2)15-24/h8-17,31-33H,18H2,1-7H3. The molecule has 0 aromatic heterocycles. The van der Waals surface area contributed by atoms with E-state index < -0.39 is 0 Å². The lowest BCUT2D eigenvalue weighted by Crippen LogP contribution is -2.31. The van der Waals surface area contributed by atoms with Crippen molar-refractivity contribution < 1.29 is 15.3 Å². The molecule has 174 valence electrons. The lowest BCUT2D eigenvalue weighted by Gasteiger charge is -2.37. The summed E-state index contributed by atoms with van der Waals surface area (Å²) >= 11 is 0. The van der Waals surface area contributed by atoms with Crippen molar-refractivity contribution in [1.29, 1.82) is 0 Å². The fraction of sp³-hybridized carbons (Fsp3) is 0.333. The van der Waals surface area contributed by atoms with Gasteiger partial charge in [0, 0.05) is 5.41 Å². The molecule has 33 heavy (non-hydrogen) atoms. The fourth-order valence-corrected chi connectivity index (χ4v) is 4.81. The molecule has 0 saturated carbocycles. The third-order valence-corrected chi connectivity index (χ3v) is 6.83. The van der Waals surface area contributed by atoms with Gasteiger partial charge in [-0.1, -0.05) is 57.2 Å². The zero-order chi connectivity index (χ0) is 24.6. The van der Waals surface area contributed by atoms with Crippen LogP contribution in [0.15, 0.2) is 60.7 Å². The molecule has 0 radical (unpaired) electrons. The maximum absolute atomic E-state index is 10.1. The van der Waals surface area contributed by atoms with Crippen molar-refractivity contribution in [2.45, 2.75) is 65.7 Å². The Morgan fingerprint density at radius 3 is 1.67 bits per heavy atom. The third-order valence-electron chi connectivity index (χ3n) is 6.83. The summed E-state index contributed by atoms with van der Waals surface area (Å²) in [5.41, 5.74) is 6.57. The number of phenols is 3. The Morgan fingerprint density at radius 1 is 0.697 bits per heavy atom. The van der Waals surface area contributed by atoms with Gasteiger partial charge >= 0.3 is 0 Å². The van der Waals surface area contributed by atoms with Crippen LogP contribution in [0.1, 0.15) is 67.5 Å². The molecule has 1 unspecified atom stereocenters. The monoisotopic (exact) mass is 444 g/mol. The number of rotatable bonds is 6. The summed E-state index contributed by atoms with van der Waals surface area (Å²) in [4.78, 5) is 0. The van der Waals surface area contributed by atoms with Crippen molar-refractivity contribution >= 4 is 5.57 Å². The van der Waals surface area contributed by atoms with Crippen LogP contribution in [0, 0.1) is 20.8 Å². The summed E-state index contributed by atoms with van der Waals surface area (Å²) in [5.74, 6) is 0.904. The Labute approximate surface area is 198 Å². The van der Waals surface area contributed by atoms with Gasteiger partial charge in [-0.3, -0.25) is 0 Å². The van der Waals surface area contributed by atoms with Crippen LogP contribution in [-0.2, 0) is 10.8 Å². The van der Waals surface area contributed by atoms with Crippen LogP contribution >= 0.6 is 0 Å². The quantitative estimate of drug-likeness (QED) is 0.370. The molecule has 0 saturated heterocycles. The lowest BCUT2D eigenvalue weighted by molar-refractivity contribution is 0.378.